The van der Waals surface area contributed by atoms with Crippen LogP contribution in [-0.4, -0.2) is 30.4 Å². The van der Waals surface area contributed by atoms with Crippen LogP contribution in [0.3, 0.4) is 0 Å². The Bertz CT molecular complexity index is 1140. The topological polar surface area (TPSA) is 23.6 Å². The average molecular weight is 427 g/mol. The van der Waals surface area contributed by atoms with E-state index in [1.807, 2.05) is 0 Å². The Morgan fingerprint density at radius 2 is 1.72 bits per heavy atom. The van der Waals surface area contributed by atoms with E-state index < -0.39 is 0 Å². The Labute approximate surface area is 192 Å². The molecule has 3 aromatic carbocycles. The molecule has 0 aromatic heterocycles. The SMILES string of the molecule is Cc1ccc2c(c1)C1(CCN(Cc3ccc4ccccc4c3)CC1)CN2C(=O)CC(C)C. The lowest BCUT2D eigenvalue weighted by Crippen LogP contribution is -2.45. The molecule has 0 radical (unpaired) electrons. The first-order chi connectivity index (χ1) is 15.4. The van der Waals surface area contributed by atoms with Crippen molar-refractivity contribution < 1.29 is 4.79 Å². The number of hydrogen-bond donors (Lipinski definition) is 0. The lowest BCUT2D eigenvalue weighted by Gasteiger charge is -2.40. The maximum Gasteiger partial charge on any atom is 0.227 e. The number of amides is 1. The largest absolute Gasteiger partial charge is 0.311 e. The lowest BCUT2D eigenvalue weighted by atomic mass is 9.74. The van der Waals surface area contributed by atoms with Crippen molar-refractivity contribution >= 4 is 22.4 Å². The lowest BCUT2D eigenvalue weighted by molar-refractivity contribution is -0.119. The molecule has 3 aromatic rings. The Kier molecular flexibility index (Phi) is 5.54. The van der Waals surface area contributed by atoms with Crippen LogP contribution in [0.25, 0.3) is 10.8 Å². The molecule has 2 aliphatic rings. The maximum absolute atomic E-state index is 13.1. The van der Waals surface area contributed by atoms with Gasteiger partial charge in [-0.05, 0) is 72.8 Å². The molecule has 1 fully saturated rings. The van der Waals surface area contributed by atoms with E-state index in [2.05, 4.69) is 91.2 Å². The van der Waals surface area contributed by atoms with Gasteiger partial charge in [-0.15, -0.1) is 0 Å². The van der Waals surface area contributed by atoms with Crippen LogP contribution in [0.1, 0.15) is 49.8 Å². The first kappa shape index (κ1) is 21.2. The van der Waals surface area contributed by atoms with E-state index in [4.69, 9.17) is 0 Å². The number of aryl methyl sites for hydroxylation is 1. The van der Waals surface area contributed by atoms with E-state index in [0.717, 1.165) is 44.7 Å². The van der Waals surface area contributed by atoms with E-state index in [0.29, 0.717) is 12.3 Å². The Morgan fingerprint density at radius 3 is 2.47 bits per heavy atom. The highest BCUT2D eigenvalue weighted by Gasteiger charge is 2.46. The molecule has 0 N–H and O–H groups in total. The van der Waals surface area contributed by atoms with Crippen LogP contribution in [0, 0.1) is 12.8 Å². The monoisotopic (exact) mass is 426 g/mol. The van der Waals surface area contributed by atoms with Gasteiger partial charge in [0.2, 0.25) is 5.91 Å². The molecule has 2 heterocycles. The molecule has 0 unspecified atom stereocenters. The second-order valence-corrected chi connectivity index (χ2v) is 10.3. The smallest absolute Gasteiger partial charge is 0.227 e. The average Bonchev–Trinajstić information content (AvgIpc) is 3.08. The molecule has 0 saturated carbocycles. The fourth-order valence-electron chi connectivity index (χ4n) is 5.63. The number of hydrogen-bond acceptors (Lipinski definition) is 2. The van der Waals surface area contributed by atoms with Crippen molar-refractivity contribution in [3.63, 3.8) is 0 Å². The molecule has 3 nitrogen and oxygen atoms in total. The predicted molar refractivity (Wildman–Crippen MR) is 133 cm³/mol. The number of fused-ring (bicyclic) bond motifs is 3. The summed E-state index contributed by atoms with van der Waals surface area (Å²) in [7, 11) is 0. The molecule has 1 amide bonds. The van der Waals surface area contributed by atoms with Crippen molar-refractivity contribution in [3.05, 3.63) is 77.4 Å². The molecule has 1 spiro atoms. The minimum atomic E-state index is 0.105. The summed E-state index contributed by atoms with van der Waals surface area (Å²) in [6.45, 7) is 10.4. The maximum atomic E-state index is 13.1. The van der Waals surface area contributed by atoms with Crippen molar-refractivity contribution in [1.29, 1.82) is 0 Å². The Balaban J connectivity index is 1.33. The van der Waals surface area contributed by atoms with E-state index in [1.54, 1.807) is 0 Å². The van der Waals surface area contributed by atoms with Gasteiger partial charge in [0.25, 0.3) is 0 Å². The van der Waals surface area contributed by atoms with Gasteiger partial charge in [-0.3, -0.25) is 9.69 Å². The van der Waals surface area contributed by atoms with Crippen molar-refractivity contribution in [2.24, 2.45) is 5.92 Å². The number of benzene rings is 3. The van der Waals surface area contributed by atoms with Gasteiger partial charge >= 0.3 is 0 Å². The molecule has 1 saturated heterocycles. The van der Waals surface area contributed by atoms with Gasteiger partial charge < -0.3 is 4.90 Å². The molecule has 0 bridgehead atoms. The van der Waals surface area contributed by atoms with Crippen LogP contribution in [0.15, 0.2) is 60.7 Å². The molecular weight excluding hydrogens is 392 g/mol. The summed E-state index contributed by atoms with van der Waals surface area (Å²) in [6.07, 6.45) is 2.85. The number of carbonyl (C=O) groups excluding carboxylic acids is 1. The van der Waals surface area contributed by atoms with Gasteiger partial charge in [-0.2, -0.15) is 0 Å². The third-order valence-corrected chi connectivity index (χ3v) is 7.39. The summed E-state index contributed by atoms with van der Waals surface area (Å²) in [4.78, 5) is 17.7. The van der Waals surface area contributed by atoms with Crippen molar-refractivity contribution in [2.75, 3.05) is 24.5 Å². The molecule has 3 heteroatoms. The highest BCUT2D eigenvalue weighted by atomic mass is 16.2. The van der Waals surface area contributed by atoms with Gasteiger partial charge in [0, 0.05) is 30.6 Å². The van der Waals surface area contributed by atoms with E-state index in [-0.39, 0.29) is 11.3 Å². The van der Waals surface area contributed by atoms with Crippen LogP contribution in [0.2, 0.25) is 0 Å². The highest BCUT2D eigenvalue weighted by Crippen LogP contribution is 2.47. The third-order valence-electron chi connectivity index (χ3n) is 7.39. The van der Waals surface area contributed by atoms with Crippen molar-refractivity contribution in [3.8, 4) is 0 Å². The number of likely N-dealkylation sites (tertiary alicyclic amines) is 1. The highest BCUT2D eigenvalue weighted by molar-refractivity contribution is 5.96. The summed E-state index contributed by atoms with van der Waals surface area (Å²) in [5.74, 6) is 0.664. The number of piperidine rings is 1. The second-order valence-electron chi connectivity index (χ2n) is 10.3. The molecule has 0 aliphatic carbocycles. The first-order valence-electron chi connectivity index (χ1n) is 12.1. The van der Waals surface area contributed by atoms with E-state index in [9.17, 15) is 4.79 Å². The summed E-state index contributed by atoms with van der Waals surface area (Å²) in [6, 6.07) is 22.1. The summed E-state index contributed by atoms with van der Waals surface area (Å²) in [5.41, 5.74) is 5.34. The van der Waals surface area contributed by atoms with Gasteiger partial charge in [-0.25, -0.2) is 0 Å². The standard InChI is InChI=1S/C29H34N2O/c1-21(2)16-28(32)31-20-29(26-17-22(3)8-11-27(26)31)12-14-30(15-13-29)19-23-9-10-24-6-4-5-7-25(24)18-23/h4-11,17-18,21H,12-16,19-20H2,1-3H3. The predicted octanol–water partition coefficient (Wildman–Crippen LogP) is 6.07. The minimum Gasteiger partial charge on any atom is -0.311 e. The Morgan fingerprint density at radius 1 is 0.969 bits per heavy atom. The zero-order chi connectivity index (χ0) is 22.3. The van der Waals surface area contributed by atoms with E-state index >= 15 is 0 Å². The molecule has 32 heavy (non-hydrogen) atoms. The normalized spacial score (nSPS) is 17.9. The zero-order valence-corrected chi connectivity index (χ0v) is 19.6. The number of nitrogens with zero attached hydrogens (tertiary/aromatic N) is 2. The van der Waals surface area contributed by atoms with Gasteiger partial charge in [-0.1, -0.05) is 67.9 Å². The molecule has 5 rings (SSSR count). The zero-order valence-electron chi connectivity index (χ0n) is 19.6. The van der Waals surface area contributed by atoms with Crippen LogP contribution >= 0.6 is 0 Å². The number of anilines is 1. The molecule has 2 aliphatic heterocycles. The van der Waals surface area contributed by atoms with Gasteiger partial charge in [0.15, 0.2) is 0 Å². The summed E-state index contributed by atoms with van der Waals surface area (Å²) < 4.78 is 0. The van der Waals surface area contributed by atoms with Gasteiger partial charge in [0.05, 0.1) is 0 Å². The van der Waals surface area contributed by atoms with Crippen LogP contribution in [0.5, 0.6) is 0 Å². The van der Waals surface area contributed by atoms with Crippen LogP contribution in [0.4, 0.5) is 5.69 Å². The molecule has 0 atom stereocenters. The number of carbonyl (C=O) groups is 1. The van der Waals surface area contributed by atoms with Crippen molar-refractivity contribution in [2.45, 2.75) is 52.0 Å². The fourth-order valence-corrected chi connectivity index (χ4v) is 5.63. The quantitative estimate of drug-likeness (QED) is 0.505. The van der Waals surface area contributed by atoms with E-state index in [1.165, 1.54) is 27.5 Å². The number of rotatable bonds is 4. The molecule has 166 valence electrons. The van der Waals surface area contributed by atoms with Crippen molar-refractivity contribution in [1.82, 2.24) is 4.90 Å². The second kappa shape index (κ2) is 8.37. The third kappa shape index (κ3) is 3.95. The molecular formula is C29H34N2O. The van der Waals surface area contributed by atoms with Gasteiger partial charge in [0.1, 0.15) is 0 Å². The summed E-state index contributed by atoms with van der Waals surface area (Å²) >= 11 is 0. The Hall–Kier alpha value is -2.65. The van der Waals surface area contributed by atoms with Crippen LogP contribution < -0.4 is 4.90 Å². The fraction of sp³-hybridized carbons (Fsp3) is 0.414. The first-order valence-corrected chi connectivity index (χ1v) is 12.1. The van der Waals surface area contributed by atoms with Crippen LogP contribution in [-0.2, 0) is 16.8 Å². The summed E-state index contributed by atoms with van der Waals surface area (Å²) in [5, 5.41) is 2.62. The minimum absolute atomic E-state index is 0.105.